The minimum Gasteiger partial charge on any atom is -0.478 e. The van der Waals surface area contributed by atoms with Crippen LogP contribution >= 0.6 is 0 Å². The fourth-order valence-electron chi connectivity index (χ4n) is 10.3. The Morgan fingerprint density at radius 3 is 0.711 bits per heavy atom. The molecule has 0 unspecified atom stereocenters. The number of hydrogen-bond donors (Lipinski definition) is 6. The molecule has 0 spiro atoms. The highest BCUT2D eigenvalue weighted by atomic mass is 28.3. The summed E-state index contributed by atoms with van der Waals surface area (Å²) in [5.74, 6) is -4.17. The van der Waals surface area contributed by atoms with Crippen molar-refractivity contribution in [3.8, 4) is 44.5 Å². The summed E-state index contributed by atoms with van der Waals surface area (Å²) in [5.41, 5.74) is 11.9. The van der Waals surface area contributed by atoms with Crippen LogP contribution in [0.1, 0.15) is 64.2 Å². The zero-order chi connectivity index (χ0) is 55.1. The number of H-pyrrole nitrogens is 2. The predicted octanol–water partition coefficient (Wildman–Crippen LogP) is 11.5. The van der Waals surface area contributed by atoms with Crippen molar-refractivity contribution in [1.29, 1.82) is 0 Å². The van der Waals surface area contributed by atoms with Gasteiger partial charge in [0.1, 0.15) is 0 Å². The Labute approximate surface area is 447 Å². The first-order chi connectivity index (χ1) is 35.4. The molecule has 0 amide bonds. The van der Waals surface area contributed by atoms with E-state index < -0.39 is 56.2 Å². The number of benzene rings is 4. The molecule has 0 saturated heterocycles. The van der Waals surface area contributed by atoms with Crippen LogP contribution in [0.15, 0.2) is 97.1 Å². The number of aromatic nitrogens is 4. The van der Waals surface area contributed by atoms with Crippen LogP contribution in [-0.4, -0.2) is 96.5 Å². The minimum atomic E-state index is -2.12. The molecular weight excluding hydrogens is 1020 g/mol. The Morgan fingerprint density at radius 2 is 0.539 bits per heavy atom. The molecule has 0 atom stereocenters. The number of nitrogens with zero attached hydrogens (tertiary/aromatic N) is 2. The molecule has 12 nitrogen and oxygen atoms in total. The average Bonchev–Trinajstić information content (AvgIpc) is 4.19. The summed E-state index contributed by atoms with van der Waals surface area (Å²) in [6, 6.07) is 30.3. The number of carboxylic acids is 4. The van der Waals surface area contributed by atoms with Crippen molar-refractivity contribution in [2.45, 2.75) is 104 Å². The van der Waals surface area contributed by atoms with Crippen LogP contribution in [0.5, 0.6) is 0 Å². The normalized spacial score (nSPS) is 13.2. The van der Waals surface area contributed by atoms with E-state index in [-0.39, 0.29) is 22.3 Å². The zero-order valence-electron chi connectivity index (χ0n) is 45.4. The second-order valence-electron chi connectivity index (χ2n) is 24.5. The van der Waals surface area contributed by atoms with Crippen LogP contribution in [0.3, 0.4) is 0 Å². The van der Waals surface area contributed by atoms with E-state index in [0.29, 0.717) is 92.8 Å². The Balaban J connectivity index is 1.54. The van der Waals surface area contributed by atoms with Gasteiger partial charge in [0.05, 0.1) is 77.3 Å². The third-order valence-corrected chi connectivity index (χ3v) is 22.8. The van der Waals surface area contributed by atoms with Gasteiger partial charge in [0.25, 0.3) is 0 Å². The number of hydrogen-bond acceptors (Lipinski definition) is 6. The molecule has 390 valence electrons. The van der Waals surface area contributed by atoms with Crippen LogP contribution in [0.4, 0.5) is 0 Å². The van der Waals surface area contributed by atoms with Gasteiger partial charge >= 0.3 is 23.9 Å². The number of fused-ring (bicyclic) bond motifs is 8. The fourth-order valence-corrected chi connectivity index (χ4v) is 15.1. The molecule has 0 saturated carbocycles. The summed E-state index contributed by atoms with van der Waals surface area (Å²) in [7, 11) is -8.48. The number of aromatic carboxylic acids is 4. The molecule has 0 radical (unpaired) electrons. The fraction of sp³-hybridized carbons (Fsp3) is 0.267. The van der Waals surface area contributed by atoms with E-state index in [1.807, 2.05) is 24.3 Å². The lowest BCUT2D eigenvalue weighted by Gasteiger charge is -2.19. The van der Waals surface area contributed by atoms with Gasteiger partial charge in [-0.15, -0.1) is 0 Å². The SMILES string of the molecule is C[Si](C)(C)c1cc(C(=O)O)cc(-c2c3nc(c(-c4cc(C(=O)O)cc([Si](C)(C)C)c4)c4ccc([nH]4)c(-c4cc(C(=O)O)cc([Si](C)(C)C)c4)c4nc(c(-c5cc(C(=O)O)cc([Si](C)(C)C)c5)c5ccc2[nH]5)CC4)CC3)c1. The van der Waals surface area contributed by atoms with Gasteiger partial charge in [-0.05, 0) is 121 Å². The molecule has 6 N–H and O–H groups in total. The second kappa shape index (κ2) is 19.4. The van der Waals surface area contributed by atoms with Crippen molar-refractivity contribution in [2.24, 2.45) is 0 Å². The molecule has 9 rings (SSSR count). The van der Waals surface area contributed by atoms with Crippen molar-refractivity contribution in [3.05, 3.63) is 142 Å². The number of aryl methyl sites for hydroxylation is 4. The second-order valence-corrected chi connectivity index (χ2v) is 44.8. The number of rotatable bonds is 12. The van der Waals surface area contributed by atoms with Crippen LogP contribution < -0.4 is 20.7 Å². The first-order valence-corrected chi connectivity index (χ1v) is 39.8. The Morgan fingerprint density at radius 1 is 0.342 bits per heavy atom. The van der Waals surface area contributed by atoms with Crippen LogP contribution in [-0.2, 0) is 25.7 Å². The standard InChI is InChI=1S/C60H66N4O8Si4/c1-73(2,3)41-25-33(21-37(29-41)57(65)66)53-45-13-15-47(61-45)54(34-22-38(58(67)68)30-42(26-34)74(4,5)6)49-17-19-51(63-49)56(36-24-40(60(71)72)32-44(28-36)76(10,11)12)52-20-18-50(64-52)55(48-16-14-46(53)62-48)35-23-39(59(69)70)31-43(27-35)75(7,8)9/h13,15,18,20-32,61,64H,14,16-17,19H2,1-12H3,(H,65,66)(H,67,68)(H,69,70)(H,71,72). The number of aromatic amines is 2. The van der Waals surface area contributed by atoms with Gasteiger partial charge in [0.2, 0.25) is 0 Å². The quantitative estimate of drug-likeness (QED) is 0.0638. The van der Waals surface area contributed by atoms with Gasteiger partial charge in [0, 0.05) is 44.3 Å². The van der Waals surface area contributed by atoms with Crippen LogP contribution in [0.25, 0.3) is 66.6 Å². The van der Waals surface area contributed by atoms with E-state index in [1.165, 1.54) is 0 Å². The molecule has 5 heterocycles. The summed E-state index contributed by atoms with van der Waals surface area (Å²) in [6.07, 6.45) is 1.87. The third-order valence-electron chi connectivity index (χ3n) is 14.7. The van der Waals surface area contributed by atoms with Crippen molar-refractivity contribution in [1.82, 2.24) is 19.9 Å². The predicted molar refractivity (Wildman–Crippen MR) is 317 cm³/mol. The zero-order valence-corrected chi connectivity index (χ0v) is 49.4. The van der Waals surface area contributed by atoms with Crippen molar-refractivity contribution >= 4 is 99.0 Å². The Kier molecular flexibility index (Phi) is 13.7. The number of nitrogens with one attached hydrogen (secondary N) is 2. The first kappa shape index (κ1) is 53.6. The Hall–Kier alpha value is -7.25. The molecule has 2 aliphatic heterocycles. The van der Waals surface area contributed by atoms with E-state index in [9.17, 15) is 39.6 Å². The third kappa shape index (κ3) is 10.6. The van der Waals surface area contributed by atoms with Crippen molar-refractivity contribution < 1.29 is 39.6 Å². The Bertz CT molecular complexity index is 3310. The van der Waals surface area contributed by atoms with Gasteiger partial charge in [-0.1, -0.05) is 124 Å². The molecule has 76 heavy (non-hydrogen) atoms. The lowest BCUT2D eigenvalue weighted by atomic mass is 9.98. The highest BCUT2D eigenvalue weighted by Crippen LogP contribution is 2.39. The van der Waals surface area contributed by atoms with Gasteiger partial charge in [-0.3, -0.25) is 9.97 Å². The van der Waals surface area contributed by atoms with Crippen LogP contribution in [0.2, 0.25) is 78.6 Å². The lowest BCUT2D eigenvalue weighted by Crippen LogP contribution is -2.38. The van der Waals surface area contributed by atoms with Crippen LogP contribution in [0, 0.1) is 0 Å². The maximum Gasteiger partial charge on any atom is 0.335 e. The average molecular weight is 1080 g/mol. The summed E-state index contributed by atoms with van der Waals surface area (Å²) >= 11 is 0. The van der Waals surface area contributed by atoms with E-state index in [1.54, 1.807) is 48.5 Å². The summed E-state index contributed by atoms with van der Waals surface area (Å²) < 4.78 is 0. The maximum atomic E-state index is 13.0. The lowest BCUT2D eigenvalue weighted by molar-refractivity contribution is 0.0686. The molecule has 3 aromatic heterocycles. The monoisotopic (exact) mass is 1080 g/mol. The molecule has 0 aliphatic carbocycles. The smallest absolute Gasteiger partial charge is 0.335 e. The maximum absolute atomic E-state index is 13.0. The van der Waals surface area contributed by atoms with Crippen molar-refractivity contribution in [3.63, 3.8) is 0 Å². The highest BCUT2D eigenvalue weighted by Gasteiger charge is 2.29. The molecular formula is C60H66N4O8Si4. The summed E-state index contributed by atoms with van der Waals surface area (Å²) in [5, 5.41) is 46.3. The summed E-state index contributed by atoms with van der Waals surface area (Å²) in [6.45, 7) is 26.2. The molecule has 16 heteroatoms. The molecule has 2 aliphatic rings. The molecule has 0 fully saturated rings. The highest BCUT2D eigenvalue weighted by molar-refractivity contribution is 6.90. The van der Waals surface area contributed by atoms with E-state index in [2.05, 4.69) is 113 Å². The molecule has 8 bridgehead atoms. The van der Waals surface area contributed by atoms with E-state index in [0.717, 1.165) is 43.0 Å². The van der Waals surface area contributed by atoms with E-state index in [4.69, 9.17) is 9.97 Å². The van der Waals surface area contributed by atoms with Gasteiger partial charge in [-0.25, -0.2) is 19.2 Å². The molecule has 7 aromatic rings. The molecule has 4 aromatic carbocycles. The summed E-state index contributed by atoms with van der Waals surface area (Å²) in [4.78, 5) is 70.5. The van der Waals surface area contributed by atoms with E-state index >= 15 is 0 Å². The van der Waals surface area contributed by atoms with Crippen molar-refractivity contribution in [2.75, 3.05) is 0 Å². The first-order valence-electron chi connectivity index (χ1n) is 25.8. The van der Waals surface area contributed by atoms with Gasteiger partial charge < -0.3 is 30.4 Å². The minimum absolute atomic E-state index is 0.164. The van der Waals surface area contributed by atoms with Gasteiger partial charge in [0.15, 0.2) is 0 Å². The largest absolute Gasteiger partial charge is 0.478 e. The van der Waals surface area contributed by atoms with Gasteiger partial charge in [-0.2, -0.15) is 0 Å². The number of carboxylic acid groups (broad SMARTS) is 4. The topological polar surface area (TPSA) is 207 Å². The number of carbonyl (C=O) groups is 4.